The van der Waals surface area contributed by atoms with Gasteiger partial charge in [0.2, 0.25) is 5.91 Å². The SMILES string of the molecule is O=C(NC1(CCl)CCOCC1)C1CCCCC1C(F)(F)F. The number of amides is 1. The standard InChI is InChI=1S/C14H21ClF3NO2/c15-9-13(5-7-21-8-6-13)19-12(20)10-3-1-2-4-11(10)14(16,17)18/h10-11H,1-9H2,(H,19,20). The molecule has 0 bridgehead atoms. The fourth-order valence-corrected chi connectivity index (χ4v) is 3.58. The number of ether oxygens (including phenoxy) is 1. The van der Waals surface area contributed by atoms with Crippen LogP contribution in [0.3, 0.4) is 0 Å². The maximum atomic E-state index is 13.1. The molecule has 0 aromatic rings. The number of carbonyl (C=O) groups excluding carboxylic acids is 1. The summed E-state index contributed by atoms with van der Waals surface area (Å²) in [6.45, 7) is 0.945. The quantitative estimate of drug-likeness (QED) is 0.808. The van der Waals surface area contributed by atoms with Crippen LogP contribution in [0.25, 0.3) is 0 Å². The van der Waals surface area contributed by atoms with Gasteiger partial charge in [-0.3, -0.25) is 4.79 Å². The van der Waals surface area contributed by atoms with Crippen molar-refractivity contribution in [3.8, 4) is 0 Å². The zero-order chi connectivity index (χ0) is 15.5. The van der Waals surface area contributed by atoms with Gasteiger partial charge in [-0.15, -0.1) is 11.6 Å². The summed E-state index contributed by atoms with van der Waals surface area (Å²) in [7, 11) is 0. The summed E-state index contributed by atoms with van der Waals surface area (Å²) in [6.07, 6.45) is -1.68. The van der Waals surface area contributed by atoms with Crippen LogP contribution in [-0.4, -0.2) is 36.7 Å². The average molecular weight is 328 g/mol. The Morgan fingerprint density at radius 1 is 1.24 bits per heavy atom. The van der Waals surface area contributed by atoms with E-state index in [-0.39, 0.29) is 12.3 Å². The van der Waals surface area contributed by atoms with Crippen molar-refractivity contribution in [3.05, 3.63) is 0 Å². The average Bonchev–Trinajstić information content (AvgIpc) is 2.47. The Balaban J connectivity index is 2.06. The second kappa shape index (κ2) is 6.73. The third-order valence-electron chi connectivity index (χ3n) is 4.62. The second-order valence-corrected chi connectivity index (χ2v) is 6.32. The van der Waals surface area contributed by atoms with Crippen LogP contribution in [0.1, 0.15) is 38.5 Å². The van der Waals surface area contributed by atoms with E-state index in [1.807, 2.05) is 0 Å². The smallest absolute Gasteiger partial charge is 0.381 e. The van der Waals surface area contributed by atoms with Gasteiger partial charge in [0.25, 0.3) is 0 Å². The minimum Gasteiger partial charge on any atom is -0.381 e. The normalized spacial score (nSPS) is 29.9. The van der Waals surface area contributed by atoms with Crippen LogP contribution in [0.15, 0.2) is 0 Å². The molecule has 1 N–H and O–H groups in total. The molecule has 1 saturated heterocycles. The number of alkyl halides is 4. The lowest BCUT2D eigenvalue weighted by molar-refractivity contribution is -0.198. The van der Waals surface area contributed by atoms with Crippen LogP contribution in [0.2, 0.25) is 0 Å². The zero-order valence-electron chi connectivity index (χ0n) is 11.8. The van der Waals surface area contributed by atoms with Gasteiger partial charge < -0.3 is 10.1 Å². The van der Waals surface area contributed by atoms with Gasteiger partial charge in [0.05, 0.1) is 11.5 Å². The van der Waals surface area contributed by atoms with Crippen molar-refractivity contribution >= 4 is 17.5 Å². The van der Waals surface area contributed by atoms with Gasteiger partial charge in [0.1, 0.15) is 0 Å². The topological polar surface area (TPSA) is 38.3 Å². The zero-order valence-corrected chi connectivity index (χ0v) is 12.6. The fourth-order valence-electron chi connectivity index (χ4n) is 3.24. The third kappa shape index (κ3) is 4.03. The number of carbonyl (C=O) groups is 1. The van der Waals surface area contributed by atoms with Crippen LogP contribution < -0.4 is 5.32 Å². The Bertz CT molecular complexity index is 370. The number of rotatable bonds is 3. The van der Waals surface area contributed by atoms with Crippen molar-refractivity contribution in [2.75, 3.05) is 19.1 Å². The molecule has 0 aromatic carbocycles. The first-order valence-electron chi connectivity index (χ1n) is 7.40. The summed E-state index contributed by atoms with van der Waals surface area (Å²) in [4.78, 5) is 12.4. The predicted octanol–water partition coefficient (Wildman–Crippen LogP) is 3.26. The van der Waals surface area contributed by atoms with Crippen LogP contribution in [0.4, 0.5) is 13.2 Å². The molecule has 0 aromatic heterocycles. The molecular weight excluding hydrogens is 307 g/mol. The third-order valence-corrected chi connectivity index (χ3v) is 5.13. The molecule has 3 nitrogen and oxygen atoms in total. The highest BCUT2D eigenvalue weighted by Gasteiger charge is 2.49. The Morgan fingerprint density at radius 3 is 2.43 bits per heavy atom. The number of hydrogen-bond acceptors (Lipinski definition) is 2. The molecule has 1 aliphatic carbocycles. The van der Waals surface area contributed by atoms with E-state index in [1.54, 1.807) is 0 Å². The Labute approximate surface area is 127 Å². The minimum atomic E-state index is -4.31. The summed E-state index contributed by atoms with van der Waals surface area (Å²) in [5, 5.41) is 2.80. The highest BCUT2D eigenvalue weighted by molar-refractivity contribution is 6.18. The molecule has 2 fully saturated rings. The molecule has 2 atom stereocenters. The highest BCUT2D eigenvalue weighted by Crippen LogP contribution is 2.42. The second-order valence-electron chi connectivity index (χ2n) is 6.05. The Kier molecular flexibility index (Phi) is 5.41. The van der Waals surface area contributed by atoms with Crippen molar-refractivity contribution in [1.29, 1.82) is 0 Å². The molecule has 122 valence electrons. The molecule has 21 heavy (non-hydrogen) atoms. The first-order valence-corrected chi connectivity index (χ1v) is 7.94. The number of nitrogens with one attached hydrogen (secondary N) is 1. The Morgan fingerprint density at radius 2 is 1.86 bits per heavy atom. The van der Waals surface area contributed by atoms with E-state index < -0.39 is 29.5 Å². The highest BCUT2D eigenvalue weighted by atomic mass is 35.5. The van der Waals surface area contributed by atoms with Gasteiger partial charge in [0, 0.05) is 25.0 Å². The molecule has 2 rings (SSSR count). The largest absolute Gasteiger partial charge is 0.392 e. The molecular formula is C14H21ClF3NO2. The van der Waals surface area contributed by atoms with Gasteiger partial charge in [0.15, 0.2) is 0 Å². The van der Waals surface area contributed by atoms with Crippen LogP contribution in [0.5, 0.6) is 0 Å². The lowest BCUT2D eigenvalue weighted by atomic mass is 9.77. The number of halogens is 4. The molecule has 1 aliphatic heterocycles. The fraction of sp³-hybridized carbons (Fsp3) is 0.929. The van der Waals surface area contributed by atoms with Crippen molar-refractivity contribution in [1.82, 2.24) is 5.32 Å². The maximum Gasteiger partial charge on any atom is 0.392 e. The van der Waals surface area contributed by atoms with E-state index in [0.29, 0.717) is 45.3 Å². The van der Waals surface area contributed by atoms with E-state index in [2.05, 4.69) is 5.32 Å². The molecule has 1 saturated carbocycles. The summed E-state index contributed by atoms with van der Waals surface area (Å²) in [6, 6.07) is 0. The molecule has 2 unspecified atom stereocenters. The van der Waals surface area contributed by atoms with E-state index >= 15 is 0 Å². The lowest BCUT2D eigenvalue weighted by Crippen LogP contribution is -2.56. The van der Waals surface area contributed by atoms with Crippen molar-refractivity contribution < 1.29 is 22.7 Å². The Hall–Kier alpha value is -0.490. The molecule has 0 spiro atoms. The molecule has 0 radical (unpaired) electrons. The van der Waals surface area contributed by atoms with Gasteiger partial charge >= 0.3 is 6.18 Å². The van der Waals surface area contributed by atoms with Crippen LogP contribution in [-0.2, 0) is 9.53 Å². The van der Waals surface area contributed by atoms with Crippen molar-refractivity contribution in [3.63, 3.8) is 0 Å². The van der Waals surface area contributed by atoms with Crippen LogP contribution in [0, 0.1) is 11.8 Å². The molecule has 1 heterocycles. The monoisotopic (exact) mass is 327 g/mol. The van der Waals surface area contributed by atoms with Crippen molar-refractivity contribution in [2.24, 2.45) is 11.8 Å². The first-order chi connectivity index (χ1) is 9.88. The maximum absolute atomic E-state index is 13.1. The summed E-state index contributed by atoms with van der Waals surface area (Å²) < 4.78 is 44.5. The van der Waals surface area contributed by atoms with E-state index in [1.165, 1.54) is 0 Å². The van der Waals surface area contributed by atoms with Crippen LogP contribution >= 0.6 is 11.6 Å². The molecule has 2 aliphatic rings. The van der Waals surface area contributed by atoms with Gasteiger partial charge in [-0.2, -0.15) is 13.2 Å². The lowest BCUT2D eigenvalue weighted by Gasteiger charge is -2.39. The van der Waals surface area contributed by atoms with Gasteiger partial charge in [-0.05, 0) is 25.7 Å². The number of hydrogen-bond donors (Lipinski definition) is 1. The van der Waals surface area contributed by atoms with E-state index in [4.69, 9.17) is 16.3 Å². The van der Waals surface area contributed by atoms with Gasteiger partial charge in [-0.25, -0.2) is 0 Å². The predicted molar refractivity (Wildman–Crippen MR) is 73.1 cm³/mol. The summed E-state index contributed by atoms with van der Waals surface area (Å²) in [5.74, 6) is -2.81. The van der Waals surface area contributed by atoms with E-state index in [0.717, 1.165) is 0 Å². The first kappa shape index (κ1) is 16.9. The molecule has 1 amide bonds. The van der Waals surface area contributed by atoms with Crippen molar-refractivity contribution in [2.45, 2.75) is 50.2 Å². The summed E-state index contributed by atoms with van der Waals surface area (Å²) in [5.41, 5.74) is -0.621. The van der Waals surface area contributed by atoms with Gasteiger partial charge in [-0.1, -0.05) is 12.8 Å². The summed E-state index contributed by atoms with van der Waals surface area (Å²) >= 11 is 5.95. The molecule has 7 heteroatoms. The van der Waals surface area contributed by atoms with E-state index in [9.17, 15) is 18.0 Å². The minimum absolute atomic E-state index is 0.0403.